The van der Waals surface area contributed by atoms with Gasteiger partial charge in [0.05, 0.1) is 30.9 Å². The predicted octanol–water partition coefficient (Wildman–Crippen LogP) is 1.85. The molecule has 1 aliphatic heterocycles. The fraction of sp³-hybridized carbons (Fsp3) is 0.133. The van der Waals surface area contributed by atoms with Crippen molar-refractivity contribution in [3.8, 4) is 0 Å². The third kappa shape index (κ3) is 4.77. The summed E-state index contributed by atoms with van der Waals surface area (Å²) in [6, 6.07) is 5.10. The molecule has 1 aromatic rings. The van der Waals surface area contributed by atoms with Crippen molar-refractivity contribution in [2.45, 2.75) is 0 Å². The first kappa shape index (κ1) is 18.9. The van der Waals surface area contributed by atoms with E-state index in [-0.39, 0.29) is 10.1 Å². The summed E-state index contributed by atoms with van der Waals surface area (Å²) < 4.78 is 9.76. The zero-order valence-corrected chi connectivity index (χ0v) is 15.5. The monoisotopic (exact) mass is 425 g/mol. The molecule has 1 N–H and O–H groups in total. The Balaban J connectivity index is 2.19. The van der Waals surface area contributed by atoms with Gasteiger partial charge in [-0.3, -0.25) is 10.1 Å². The molecule has 130 valence electrons. The molecular weight excluding hydrogens is 414 g/mol. The second kappa shape index (κ2) is 8.58. The second-order valence-electron chi connectivity index (χ2n) is 4.43. The van der Waals surface area contributed by atoms with Crippen molar-refractivity contribution in [1.82, 2.24) is 5.32 Å². The van der Waals surface area contributed by atoms with Gasteiger partial charge in [-0.05, 0) is 33.8 Å². The van der Waals surface area contributed by atoms with Gasteiger partial charge in [0.1, 0.15) is 0 Å². The number of ether oxygens (including phenoxy) is 2. The molecule has 1 heterocycles. The number of benzene rings is 1. The lowest BCUT2D eigenvalue weighted by atomic mass is 10.1. The number of thioether (sulfide) groups is 1. The summed E-state index contributed by atoms with van der Waals surface area (Å²) in [5.74, 6) is -1.63. The Labute approximate surface area is 155 Å². The minimum absolute atomic E-state index is 0.151. The summed E-state index contributed by atoms with van der Waals surface area (Å²) in [6.07, 6.45) is 2.43. The van der Waals surface area contributed by atoms with Crippen LogP contribution in [0.25, 0.3) is 0 Å². The molecule has 0 atom stereocenters. The van der Waals surface area contributed by atoms with Crippen LogP contribution in [-0.4, -0.2) is 43.4 Å². The fourth-order valence-corrected chi connectivity index (χ4v) is 3.03. The zero-order chi connectivity index (χ0) is 18.4. The van der Waals surface area contributed by atoms with Crippen molar-refractivity contribution in [2.24, 2.45) is 10.2 Å². The van der Waals surface area contributed by atoms with Crippen molar-refractivity contribution in [2.75, 3.05) is 14.2 Å². The van der Waals surface area contributed by atoms with E-state index in [0.29, 0.717) is 15.6 Å². The minimum Gasteiger partial charge on any atom is -0.466 e. The van der Waals surface area contributed by atoms with E-state index >= 15 is 0 Å². The number of rotatable bonds is 4. The molecule has 10 heteroatoms. The van der Waals surface area contributed by atoms with E-state index in [1.165, 1.54) is 20.4 Å². The molecule has 0 unspecified atom stereocenters. The lowest BCUT2D eigenvalue weighted by molar-refractivity contribution is -0.135. The van der Waals surface area contributed by atoms with E-state index in [9.17, 15) is 14.4 Å². The van der Waals surface area contributed by atoms with E-state index in [2.05, 4.69) is 36.2 Å². The van der Waals surface area contributed by atoms with Crippen molar-refractivity contribution >= 4 is 56.9 Å². The van der Waals surface area contributed by atoms with Gasteiger partial charge in [0.15, 0.2) is 5.17 Å². The molecular formula is C15H12BrN3O5S. The van der Waals surface area contributed by atoms with Crippen molar-refractivity contribution in [3.05, 3.63) is 44.8 Å². The molecule has 0 aromatic heterocycles. The molecule has 0 spiro atoms. The van der Waals surface area contributed by atoms with Crippen molar-refractivity contribution in [3.63, 3.8) is 0 Å². The Morgan fingerprint density at radius 1 is 1.28 bits per heavy atom. The number of methoxy groups -OCH3 is 2. The van der Waals surface area contributed by atoms with Crippen LogP contribution in [0.3, 0.4) is 0 Å². The molecule has 1 aliphatic rings. The molecule has 25 heavy (non-hydrogen) atoms. The molecule has 2 rings (SSSR count). The molecule has 1 fully saturated rings. The highest BCUT2D eigenvalue weighted by Gasteiger charge is 2.25. The Hall–Kier alpha value is -2.46. The Morgan fingerprint density at radius 3 is 2.72 bits per heavy atom. The topological polar surface area (TPSA) is 106 Å². The van der Waals surface area contributed by atoms with Gasteiger partial charge in [0, 0.05) is 16.1 Å². The Bertz CT molecular complexity index is 819. The smallest absolute Gasteiger partial charge is 0.339 e. The average molecular weight is 426 g/mol. The number of amides is 1. The number of esters is 2. The van der Waals surface area contributed by atoms with Gasteiger partial charge >= 0.3 is 11.9 Å². The van der Waals surface area contributed by atoms with Crippen molar-refractivity contribution in [1.29, 1.82) is 0 Å². The Morgan fingerprint density at radius 2 is 2.04 bits per heavy atom. The molecule has 0 bridgehead atoms. The molecule has 8 nitrogen and oxygen atoms in total. The molecule has 0 saturated carbocycles. The highest BCUT2D eigenvalue weighted by molar-refractivity contribution is 9.10. The summed E-state index contributed by atoms with van der Waals surface area (Å²) in [7, 11) is 2.50. The number of nitrogens with zero attached hydrogens (tertiary/aromatic N) is 2. The highest BCUT2D eigenvalue weighted by Crippen LogP contribution is 2.24. The molecule has 1 saturated heterocycles. The van der Waals surface area contributed by atoms with Crippen LogP contribution in [-0.2, 0) is 19.1 Å². The molecule has 1 amide bonds. The summed E-state index contributed by atoms with van der Waals surface area (Å²) in [5, 5.41) is 10.4. The van der Waals surface area contributed by atoms with E-state index in [1.54, 1.807) is 18.2 Å². The van der Waals surface area contributed by atoms with Gasteiger partial charge < -0.3 is 9.47 Å². The second-order valence-corrected chi connectivity index (χ2v) is 6.32. The molecule has 0 aliphatic carbocycles. The number of hydrogen-bond donors (Lipinski definition) is 1. The zero-order valence-electron chi connectivity index (χ0n) is 13.1. The highest BCUT2D eigenvalue weighted by atomic mass is 79.9. The van der Waals surface area contributed by atoms with Gasteiger partial charge in [-0.25, -0.2) is 9.59 Å². The standard InChI is InChI=1S/C15H12BrN3O5S/c1-23-11(20)6-10-13(21)18-15(25-10)19-17-7-8-4-3-5-9(16)12(8)14(22)24-2/h3-7H,1-2H3,(H,18,19,21)/b10-6+,17-7?. The summed E-state index contributed by atoms with van der Waals surface area (Å²) in [6.45, 7) is 0. The Kier molecular flexibility index (Phi) is 6.48. The first-order valence-electron chi connectivity index (χ1n) is 6.73. The van der Waals surface area contributed by atoms with Crippen LogP contribution in [0.4, 0.5) is 0 Å². The largest absolute Gasteiger partial charge is 0.466 e. The first-order valence-corrected chi connectivity index (χ1v) is 8.34. The average Bonchev–Trinajstić information content (AvgIpc) is 2.93. The van der Waals surface area contributed by atoms with Gasteiger partial charge in [-0.1, -0.05) is 12.1 Å². The van der Waals surface area contributed by atoms with E-state index in [1.807, 2.05) is 0 Å². The van der Waals surface area contributed by atoms with E-state index in [4.69, 9.17) is 4.74 Å². The van der Waals surface area contributed by atoms with Crippen LogP contribution < -0.4 is 5.32 Å². The third-order valence-electron chi connectivity index (χ3n) is 2.88. The van der Waals surface area contributed by atoms with E-state index < -0.39 is 17.8 Å². The summed E-state index contributed by atoms with van der Waals surface area (Å²) >= 11 is 4.23. The molecule has 1 aromatic carbocycles. The fourth-order valence-electron chi connectivity index (χ4n) is 1.75. The van der Waals surface area contributed by atoms with Gasteiger partial charge in [-0.15, -0.1) is 5.10 Å². The van der Waals surface area contributed by atoms with Crippen molar-refractivity contribution < 1.29 is 23.9 Å². The summed E-state index contributed by atoms with van der Waals surface area (Å²) in [4.78, 5) is 34.8. The van der Waals surface area contributed by atoms with Crippen LogP contribution >= 0.6 is 27.7 Å². The first-order chi connectivity index (χ1) is 12.0. The lowest BCUT2D eigenvalue weighted by Crippen LogP contribution is -2.19. The minimum atomic E-state index is -0.640. The van der Waals surface area contributed by atoms with Crippen LogP contribution in [0, 0.1) is 0 Å². The van der Waals surface area contributed by atoms with Crippen LogP contribution in [0.1, 0.15) is 15.9 Å². The van der Waals surface area contributed by atoms with Crippen LogP contribution in [0.5, 0.6) is 0 Å². The van der Waals surface area contributed by atoms with Gasteiger partial charge in [-0.2, -0.15) is 5.10 Å². The quantitative estimate of drug-likeness (QED) is 0.341. The predicted molar refractivity (Wildman–Crippen MR) is 96.3 cm³/mol. The normalized spacial score (nSPS) is 17.2. The third-order valence-corrected chi connectivity index (χ3v) is 4.44. The number of nitrogens with one attached hydrogen (secondary N) is 1. The van der Waals surface area contributed by atoms with E-state index in [0.717, 1.165) is 17.8 Å². The van der Waals surface area contributed by atoms with Crippen LogP contribution in [0.15, 0.2) is 43.9 Å². The maximum absolute atomic E-state index is 11.8. The maximum Gasteiger partial charge on any atom is 0.339 e. The number of hydrogen-bond acceptors (Lipinski definition) is 8. The maximum atomic E-state index is 11.8. The number of carbonyl (C=O) groups excluding carboxylic acids is 3. The lowest BCUT2D eigenvalue weighted by Gasteiger charge is -2.05. The SMILES string of the molecule is COC(=O)/C=C1/S/C(=N\N=Cc2cccc(Br)c2C(=O)OC)NC1=O. The van der Waals surface area contributed by atoms with Crippen LogP contribution in [0.2, 0.25) is 0 Å². The van der Waals surface area contributed by atoms with Gasteiger partial charge in [0.25, 0.3) is 5.91 Å². The number of amidine groups is 1. The molecule has 0 radical (unpaired) electrons. The summed E-state index contributed by atoms with van der Waals surface area (Å²) in [5.41, 5.74) is 0.800. The number of halogens is 1. The number of carbonyl (C=O) groups is 3. The van der Waals surface area contributed by atoms with Gasteiger partial charge in [0.2, 0.25) is 0 Å².